The second-order valence-corrected chi connectivity index (χ2v) is 4.92. The molecule has 2 rings (SSSR count). The Labute approximate surface area is 125 Å². The molecule has 1 aromatic heterocycles. The highest BCUT2D eigenvalue weighted by molar-refractivity contribution is 6.32. The smallest absolute Gasteiger partial charge is 0.269 e. The third-order valence-corrected chi connectivity index (χ3v) is 3.19. The van der Waals surface area contributed by atoms with Gasteiger partial charge in [0.2, 0.25) is 0 Å². The van der Waals surface area contributed by atoms with Crippen LogP contribution in [0.5, 0.6) is 0 Å². The number of nitro groups is 1. The second-order valence-electron chi connectivity index (χ2n) is 4.56. The van der Waals surface area contributed by atoms with Gasteiger partial charge in [0.1, 0.15) is 0 Å². The Hall–Kier alpha value is -2.47. The summed E-state index contributed by atoms with van der Waals surface area (Å²) >= 11 is 5.92. The molecule has 1 N–H and O–H groups in total. The van der Waals surface area contributed by atoms with Crippen molar-refractivity contribution < 1.29 is 9.72 Å². The van der Waals surface area contributed by atoms with Crippen LogP contribution in [0.2, 0.25) is 5.15 Å². The second kappa shape index (κ2) is 5.88. The Kier molecular flexibility index (Phi) is 4.18. The molecule has 0 aliphatic heterocycles. The molecule has 0 bridgehead atoms. The van der Waals surface area contributed by atoms with E-state index in [4.69, 9.17) is 11.6 Å². The summed E-state index contributed by atoms with van der Waals surface area (Å²) in [6.45, 7) is 3.47. The van der Waals surface area contributed by atoms with Crippen LogP contribution >= 0.6 is 11.6 Å². The molecule has 0 saturated carbocycles. The van der Waals surface area contributed by atoms with Crippen LogP contribution in [0, 0.1) is 24.0 Å². The fourth-order valence-corrected chi connectivity index (χ4v) is 2.00. The average Bonchev–Trinajstić information content (AvgIpc) is 2.42. The van der Waals surface area contributed by atoms with Crippen LogP contribution in [0.3, 0.4) is 0 Å². The van der Waals surface area contributed by atoms with Crippen molar-refractivity contribution >= 4 is 28.9 Å². The van der Waals surface area contributed by atoms with Crippen LogP contribution in [0.15, 0.2) is 30.5 Å². The Balaban J connectivity index is 2.28. The Morgan fingerprint density at radius 3 is 2.67 bits per heavy atom. The molecule has 6 nitrogen and oxygen atoms in total. The van der Waals surface area contributed by atoms with Crippen molar-refractivity contribution in [2.24, 2.45) is 0 Å². The van der Waals surface area contributed by atoms with Crippen molar-refractivity contribution in [3.63, 3.8) is 0 Å². The van der Waals surface area contributed by atoms with Crippen molar-refractivity contribution in [3.8, 4) is 0 Å². The highest BCUT2D eigenvalue weighted by Crippen LogP contribution is 2.22. The summed E-state index contributed by atoms with van der Waals surface area (Å²) in [6, 6.07) is 5.76. The number of hydrogen-bond acceptors (Lipinski definition) is 4. The molecule has 0 radical (unpaired) electrons. The van der Waals surface area contributed by atoms with Gasteiger partial charge in [-0.05, 0) is 37.1 Å². The first kappa shape index (κ1) is 14.9. The maximum Gasteiger partial charge on any atom is 0.269 e. The van der Waals surface area contributed by atoms with Crippen LogP contribution < -0.4 is 5.32 Å². The number of carbonyl (C=O) groups excluding carboxylic acids is 1. The first-order valence-electron chi connectivity index (χ1n) is 6.07. The lowest BCUT2D eigenvalue weighted by atomic mass is 10.1. The number of halogens is 1. The van der Waals surface area contributed by atoms with E-state index in [0.717, 1.165) is 5.56 Å². The molecule has 21 heavy (non-hydrogen) atoms. The summed E-state index contributed by atoms with van der Waals surface area (Å²) in [5.74, 6) is -0.392. The van der Waals surface area contributed by atoms with E-state index in [-0.39, 0.29) is 10.8 Å². The number of aromatic nitrogens is 1. The lowest BCUT2D eigenvalue weighted by Crippen LogP contribution is -2.14. The third-order valence-electron chi connectivity index (χ3n) is 2.89. The number of nitro benzene ring substituents is 1. The van der Waals surface area contributed by atoms with E-state index in [9.17, 15) is 14.9 Å². The van der Waals surface area contributed by atoms with Gasteiger partial charge in [0.25, 0.3) is 11.6 Å². The molecule has 0 saturated heterocycles. The summed E-state index contributed by atoms with van der Waals surface area (Å²) in [4.78, 5) is 26.3. The molecule has 1 heterocycles. The van der Waals surface area contributed by atoms with Crippen molar-refractivity contribution in [3.05, 3.63) is 62.4 Å². The Bertz CT molecular complexity index is 731. The zero-order chi connectivity index (χ0) is 15.6. The SMILES string of the molecule is Cc1cnc(Cl)c(NC(=O)c2ccc([N+](=O)[O-])cc2C)c1. The minimum atomic E-state index is -0.504. The van der Waals surface area contributed by atoms with E-state index in [2.05, 4.69) is 10.3 Å². The number of carbonyl (C=O) groups is 1. The molecule has 0 fully saturated rings. The van der Waals surface area contributed by atoms with Crippen LogP contribution in [0.1, 0.15) is 21.5 Å². The van der Waals surface area contributed by atoms with E-state index >= 15 is 0 Å². The van der Waals surface area contributed by atoms with Gasteiger partial charge in [0, 0.05) is 23.9 Å². The number of nitrogens with zero attached hydrogens (tertiary/aromatic N) is 2. The molecule has 1 aromatic carbocycles. The number of anilines is 1. The van der Waals surface area contributed by atoms with Crippen LogP contribution in [-0.4, -0.2) is 15.8 Å². The van der Waals surface area contributed by atoms with Gasteiger partial charge in [-0.25, -0.2) is 4.98 Å². The largest absolute Gasteiger partial charge is 0.319 e. The molecule has 0 atom stereocenters. The van der Waals surface area contributed by atoms with Gasteiger partial charge < -0.3 is 5.32 Å². The first-order valence-corrected chi connectivity index (χ1v) is 6.45. The van der Waals surface area contributed by atoms with Crippen molar-refractivity contribution in [2.75, 3.05) is 5.32 Å². The number of non-ortho nitro benzene ring substituents is 1. The number of pyridine rings is 1. The molecular formula is C14H12ClN3O3. The predicted octanol–water partition coefficient (Wildman–Crippen LogP) is 3.51. The molecule has 0 aliphatic rings. The van der Waals surface area contributed by atoms with Gasteiger partial charge in [-0.15, -0.1) is 0 Å². The number of aryl methyl sites for hydroxylation is 2. The van der Waals surface area contributed by atoms with Crippen molar-refractivity contribution in [1.29, 1.82) is 0 Å². The fraction of sp³-hybridized carbons (Fsp3) is 0.143. The maximum absolute atomic E-state index is 12.2. The van der Waals surface area contributed by atoms with Gasteiger partial charge in [-0.3, -0.25) is 14.9 Å². The van der Waals surface area contributed by atoms with Gasteiger partial charge in [-0.1, -0.05) is 11.6 Å². The minimum absolute atomic E-state index is 0.0562. The Morgan fingerprint density at radius 2 is 2.05 bits per heavy atom. The fourth-order valence-electron chi connectivity index (χ4n) is 1.85. The van der Waals surface area contributed by atoms with E-state index in [1.165, 1.54) is 18.2 Å². The topological polar surface area (TPSA) is 85.1 Å². The zero-order valence-corrected chi connectivity index (χ0v) is 12.1. The lowest BCUT2D eigenvalue weighted by molar-refractivity contribution is -0.384. The molecule has 7 heteroatoms. The highest BCUT2D eigenvalue weighted by atomic mass is 35.5. The van der Waals surface area contributed by atoms with Gasteiger partial charge in [0.15, 0.2) is 5.15 Å². The third kappa shape index (κ3) is 3.35. The van der Waals surface area contributed by atoms with E-state index in [0.29, 0.717) is 16.8 Å². The van der Waals surface area contributed by atoms with Crippen LogP contribution in [0.4, 0.5) is 11.4 Å². The van der Waals surface area contributed by atoms with Crippen LogP contribution in [-0.2, 0) is 0 Å². The lowest BCUT2D eigenvalue weighted by Gasteiger charge is -2.09. The molecule has 0 aliphatic carbocycles. The zero-order valence-electron chi connectivity index (χ0n) is 11.4. The van der Waals surface area contributed by atoms with Gasteiger partial charge in [0.05, 0.1) is 10.6 Å². The molecule has 2 aromatic rings. The molecule has 0 spiro atoms. The standard InChI is InChI=1S/C14H12ClN3O3/c1-8-5-12(13(15)16-7-8)17-14(19)11-4-3-10(18(20)21)6-9(11)2/h3-7H,1-2H3,(H,17,19). The summed E-state index contributed by atoms with van der Waals surface area (Å²) in [5.41, 5.74) is 2.06. The molecule has 0 unspecified atom stereocenters. The molecule has 1 amide bonds. The average molecular weight is 306 g/mol. The highest BCUT2D eigenvalue weighted by Gasteiger charge is 2.15. The first-order chi connectivity index (χ1) is 9.88. The van der Waals surface area contributed by atoms with Crippen molar-refractivity contribution in [1.82, 2.24) is 4.98 Å². The quantitative estimate of drug-likeness (QED) is 0.534. The van der Waals surface area contributed by atoms with E-state index in [1.54, 1.807) is 19.2 Å². The Morgan fingerprint density at radius 1 is 1.33 bits per heavy atom. The number of amides is 1. The molecule has 108 valence electrons. The predicted molar refractivity (Wildman–Crippen MR) is 79.8 cm³/mol. The number of nitrogens with one attached hydrogen (secondary N) is 1. The number of hydrogen-bond donors (Lipinski definition) is 1. The summed E-state index contributed by atoms with van der Waals surface area (Å²) in [5, 5.41) is 13.5. The summed E-state index contributed by atoms with van der Waals surface area (Å²) < 4.78 is 0. The van der Waals surface area contributed by atoms with Crippen LogP contribution in [0.25, 0.3) is 0 Å². The minimum Gasteiger partial charge on any atom is -0.319 e. The number of rotatable bonds is 3. The number of benzene rings is 1. The van der Waals surface area contributed by atoms with Crippen molar-refractivity contribution in [2.45, 2.75) is 13.8 Å². The normalized spacial score (nSPS) is 10.2. The van der Waals surface area contributed by atoms with Gasteiger partial charge in [-0.2, -0.15) is 0 Å². The molecular weight excluding hydrogens is 294 g/mol. The summed E-state index contributed by atoms with van der Waals surface area (Å²) in [6.07, 6.45) is 1.59. The van der Waals surface area contributed by atoms with E-state index < -0.39 is 10.8 Å². The van der Waals surface area contributed by atoms with Gasteiger partial charge >= 0.3 is 0 Å². The maximum atomic E-state index is 12.2. The summed E-state index contributed by atoms with van der Waals surface area (Å²) in [7, 11) is 0. The monoisotopic (exact) mass is 305 g/mol. The van der Waals surface area contributed by atoms with E-state index in [1.807, 2.05) is 6.92 Å².